The van der Waals surface area contributed by atoms with E-state index in [9.17, 15) is 4.79 Å². The minimum atomic E-state index is 0.105. The van der Waals surface area contributed by atoms with Crippen molar-refractivity contribution in [3.63, 3.8) is 0 Å². The van der Waals surface area contributed by atoms with Crippen LogP contribution in [-0.4, -0.2) is 28.9 Å². The topological polar surface area (TPSA) is 58.4 Å². The van der Waals surface area contributed by atoms with Gasteiger partial charge in [-0.15, -0.1) is 0 Å². The first-order chi connectivity index (χ1) is 10.8. The first-order valence-corrected chi connectivity index (χ1v) is 7.74. The average Bonchev–Trinajstić information content (AvgIpc) is 3.08. The van der Waals surface area contributed by atoms with Crippen molar-refractivity contribution in [3.8, 4) is 0 Å². The molecule has 1 amide bonds. The monoisotopic (exact) mass is 299 g/mol. The van der Waals surface area contributed by atoms with Crippen molar-refractivity contribution in [1.82, 2.24) is 15.2 Å². The summed E-state index contributed by atoms with van der Waals surface area (Å²) in [5.41, 5.74) is 1.04. The third kappa shape index (κ3) is 3.74. The highest BCUT2D eigenvalue weighted by atomic mass is 16.3. The lowest BCUT2D eigenvalue weighted by Crippen LogP contribution is -2.40. The summed E-state index contributed by atoms with van der Waals surface area (Å²) in [6.45, 7) is 2.90. The predicted octanol–water partition coefficient (Wildman–Crippen LogP) is 2.20. The van der Waals surface area contributed by atoms with Gasteiger partial charge in [0.05, 0.1) is 12.8 Å². The summed E-state index contributed by atoms with van der Waals surface area (Å²) in [7, 11) is 0. The number of rotatable bonds is 5. The number of hydrogen-bond donors (Lipinski definition) is 1. The van der Waals surface area contributed by atoms with Crippen molar-refractivity contribution in [2.75, 3.05) is 13.1 Å². The van der Waals surface area contributed by atoms with E-state index in [1.807, 2.05) is 35.4 Å². The number of pyridine rings is 1. The van der Waals surface area contributed by atoms with E-state index >= 15 is 0 Å². The van der Waals surface area contributed by atoms with E-state index in [2.05, 4.69) is 10.3 Å². The van der Waals surface area contributed by atoms with E-state index in [-0.39, 0.29) is 11.8 Å². The first kappa shape index (κ1) is 14.8. The number of furan rings is 1. The van der Waals surface area contributed by atoms with Gasteiger partial charge in [0.25, 0.3) is 0 Å². The minimum Gasteiger partial charge on any atom is -0.467 e. The van der Waals surface area contributed by atoms with Gasteiger partial charge in [-0.05, 0) is 49.7 Å². The lowest BCUT2D eigenvalue weighted by molar-refractivity contribution is -0.138. The van der Waals surface area contributed by atoms with Crippen LogP contribution >= 0.6 is 0 Å². The lowest BCUT2D eigenvalue weighted by Gasteiger charge is -2.29. The van der Waals surface area contributed by atoms with E-state index in [0.29, 0.717) is 13.1 Å². The molecule has 0 saturated carbocycles. The molecule has 3 rings (SSSR count). The zero-order valence-corrected chi connectivity index (χ0v) is 12.6. The van der Waals surface area contributed by atoms with Crippen molar-refractivity contribution in [1.29, 1.82) is 0 Å². The normalized spacial score (nSPS) is 15.6. The number of aromatic nitrogens is 1. The summed E-state index contributed by atoms with van der Waals surface area (Å²) in [6.07, 6.45) is 7.01. The summed E-state index contributed by atoms with van der Waals surface area (Å²) in [4.78, 5) is 18.9. The second-order valence-electron chi connectivity index (χ2n) is 5.66. The summed E-state index contributed by atoms with van der Waals surface area (Å²) in [5, 5.41) is 3.30. The zero-order chi connectivity index (χ0) is 15.2. The Hall–Kier alpha value is -2.14. The van der Waals surface area contributed by atoms with Crippen molar-refractivity contribution >= 4 is 5.91 Å². The van der Waals surface area contributed by atoms with Crippen molar-refractivity contribution < 1.29 is 9.21 Å². The van der Waals surface area contributed by atoms with E-state index in [1.54, 1.807) is 12.5 Å². The van der Waals surface area contributed by atoms with Crippen LogP contribution in [0, 0.1) is 5.92 Å². The van der Waals surface area contributed by atoms with Crippen LogP contribution in [0.15, 0.2) is 47.3 Å². The Bertz CT molecular complexity index is 577. The molecule has 1 fully saturated rings. The number of nitrogens with one attached hydrogen (secondary N) is 1. The van der Waals surface area contributed by atoms with Crippen LogP contribution in [-0.2, 0) is 17.9 Å². The molecule has 1 aliphatic rings. The molecule has 5 heteroatoms. The van der Waals surface area contributed by atoms with Gasteiger partial charge in [0.1, 0.15) is 5.76 Å². The Balaban J connectivity index is 1.74. The molecule has 116 valence electrons. The molecule has 0 bridgehead atoms. The average molecular weight is 299 g/mol. The fourth-order valence-corrected chi connectivity index (χ4v) is 2.84. The minimum absolute atomic E-state index is 0.105. The summed E-state index contributed by atoms with van der Waals surface area (Å²) < 4.78 is 5.42. The first-order valence-electron chi connectivity index (χ1n) is 7.74. The SMILES string of the molecule is O=C(C1CCNCC1)N(Cc1cccnc1)Cc1ccco1. The number of carbonyl (C=O) groups excluding carboxylic acids is 1. The molecule has 1 aliphatic heterocycles. The van der Waals surface area contributed by atoms with Gasteiger partial charge >= 0.3 is 0 Å². The molecular formula is C17H21N3O2. The van der Waals surface area contributed by atoms with E-state index in [0.717, 1.165) is 37.3 Å². The second-order valence-corrected chi connectivity index (χ2v) is 5.66. The molecule has 1 N–H and O–H groups in total. The van der Waals surface area contributed by atoms with Gasteiger partial charge in [-0.3, -0.25) is 9.78 Å². The van der Waals surface area contributed by atoms with Crippen LogP contribution < -0.4 is 5.32 Å². The highest BCUT2D eigenvalue weighted by molar-refractivity contribution is 5.79. The quantitative estimate of drug-likeness (QED) is 0.919. The molecule has 1 saturated heterocycles. The Kier molecular flexibility index (Phi) is 4.85. The van der Waals surface area contributed by atoms with Crippen LogP contribution in [0.5, 0.6) is 0 Å². The van der Waals surface area contributed by atoms with Gasteiger partial charge in [-0.25, -0.2) is 0 Å². The maximum absolute atomic E-state index is 12.9. The molecule has 0 spiro atoms. The Morgan fingerprint density at radius 1 is 1.27 bits per heavy atom. The van der Waals surface area contributed by atoms with Gasteiger partial charge in [-0.2, -0.15) is 0 Å². The standard InChI is InChI=1S/C17H21N3O2/c21-17(15-5-8-18-9-6-15)20(13-16-4-2-10-22-16)12-14-3-1-7-19-11-14/h1-4,7,10-11,15,18H,5-6,8-9,12-13H2. The fourth-order valence-electron chi connectivity index (χ4n) is 2.84. The van der Waals surface area contributed by atoms with Crippen LogP contribution in [0.4, 0.5) is 0 Å². The maximum atomic E-state index is 12.9. The van der Waals surface area contributed by atoms with E-state index in [4.69, 9.17) is 4.42 Å². The molecule has 22 heavy (non-hydrogen) atoms. The highest BCUT2D eigenvalue weighted by Crippen LogP contribution is 2.19. The number of hydrogen-bond acceptors (Lipinski definition) is 4. The predicted molar refractivity (Wildman–Crippen MR) is 82.8 cm³/mol. The Morgan fingerprint density at radius 2 is 2.14 bits per heavy atom. The zero-order valence-electron chi connectivity index (χ0n) is 12.6. The van der Waals surface area contributed by atoms with E-state index in [1.165, 1.54) is 0 Å². The summed E-state index contributed by atoms with van der Waals surface area (Å²) in [6, 6.07) is 7.66. The number of piperidine rings is 1. The number of nitrogens with zero attached hydrogens (tertiary/aromatic N) is 2. The third-order valence-electron chi connectivity index (χ3n) is 4.02. The second kappa shape index (κ2) is 7.22. The molecule has 0 unspecified atom stereocenters. The van der Waals surface area contributed by atoms with Crippen molar-refractivity contribution in [2.24, 2.45) is 5.92 Å². The van der Waals surface area contributed by atoms with Crippen molar-refractivity contribution in [2.45, 2.75) is 25.9 Å². The van der Waals surface area contributed by atoms with Crippen LogP contribution in [0.3, 0.4) is 0 Å². The molecule has 0 radical (unpaired) electrons. The van der Waals surface area contributed by atoms with Gasteiger partial charge < -0.3 is 14.6 Å². The summed E-state index contributed by atoms with van der Waals surface area (Å²) in [5.74, 6) is 1.13. The van der Waals surface area contributed by atoms with Gasteiger partial charge in [-0.1, -0.05) is 6.07 Å². The van der Waals surface area contributed by atoms with Crippen molar-refractivity contribution in [3.05, 3.63) is 54.2 Å². The lowest BCUT2D eigenvalue weighted by atomic mass is 9.96. The van der Waals surface area contributed by atoms with E-state index < -0.39 is 0 Å². The highest BCUT2D eigenvalue weighted by Gasteiger charge is 2.26. The molecule has 5 nitrogen and oxygen atoms in total. The molecule has 0 aromatic carbocycles. The largest absolute Gasteiger partial charge is 0.467 e. The van der Waals surface area contributed by atoms with Gasteiger partial charge in [0.15, 0.2) is 0 Å². The molecule has 3 heterocycles. The number of carbonyl (C=O) groups is 1. The molecule has 2 aromatic heterocycles. The molecule has 0 aliphatic carbocycles. The Labute approximate surface area is 130 Å². The Morgan fingerprint density at radius 3 is 2.82 bits per heavy atom. The third-order valence-corrected chi connectivity index (χ3v) is 4.02. The molecular weight excluding hydrogens is 278 g/mol. The van der Waals surface area contributed by atoms with Gasteiger partial charge in [0.2, 0.25) is 5.91 Å². The molecule has 2 aromatic rings. The van der Waals surface area contributed by atoms with Crippen LogP contribution in [0.2, 0.25) is 0 Å². The molecule has 0 atom stereocenters. The van der Waals surface area contributed by atoms with Crippen LogP contribution in [0.25, 0.3) is 0 Å². The smallest absolute Gasteiger partial charge is 0.226 e. The number of amides is 1. The fraction of sp³-hybridized carbons (Fsp3) is 0.412. The maximum Gasteiger partial charge on any atom is 0.226 e. The van der Waals surface area contributed by atoms with Crippen LogP contribution in [0.1, 0.15) is 24.2 Å². The summed E-state index contributed by atoms with van der Waals surface area (Å²) >= 11 is 0. The van der Waals surface area contributed by atoms with Gasteiger partial charge in [0, 0.05) is 24.9 Å².